The van der Waals surface area contributed by atoms with Crippen molar-refractivity contribution in [1.29, 1.82) is 0 Å². The highest BCUT2D eigenvalue weighted by atomic mass is 35.5. The lowest BCUT2D eigenvalue weighted by molar-refractivity contribution is 0.268. The first kappa shape index (κ1) is 19.4. The predicted octanol–water partition coefficient (Wildman–Crippen LogP) is 3.70. The molecule has 1 saturated heterocycles. The fourth-order valence-electron chi connectivity index (χ4n) is 2.66. The molecule has 1 fully saturated rings. The first-order valence-corrected chi connectivity index (χ1v) is 10.5. The monoisotopic (exact) mass is 429 g/mol. The summed E-state index contributed by atoms with van der Waals surface area (Å²) in [6.07, 6.45) is 0. The van der Waals surface area contributed by atoms with Gasteiger partial charge in [0.15, 0.2) is 5.11 Å². The molecule has 0 aromatic heterocycles. The normalized spacial score (nSPS) is 15.7. The summed E-state index contributed by atoms with van der Waals surface area (Å²) in [5.74, 6) is 0. The van der Waals surface area contributed by atoms with Gasteiger partial charge in [-0.1, -0.05) is 29.3 Å². The van der Waals surface area contributed by atoms with Gasteiger partial charge in [-0.2, -0.15) is 4.31 Å². The molecule has 138 valence electrons. The zero-order valence-corrected chi connectivity index (χ0v) is 16.9. The molecule has 1 heterocycles. The highest BCUT2D eigenvalue weighted by molar-refractivity contribution is 7.89. The Morgan fingerprint density at radius 2 is 1.62 bits per heavy atom. The second-order valence-corrected chi connectivity index (χ2v) is 8.98. The number of piperazine rings is 1. The Bertz CT molecular complexity index is 896. The van der Waals surface area contributed by atoms with Crippen LogP contribution < -0.4 is 5.32 Å². The van der Waals surface area contributed by atoms with Crippen LogP contribution in [-0.4, -0.2) is 48.9 Å². The molecule has 5 nitrogen and oxygen atoms in total. The van der Waals surface area contributed by atoms with E-state index in [2.05, 4.69) is 5.32 Å². The molecule has 3 rings (SSSR count). The third kappa shape index (κ3) is 4.47. The van der Waals surface area contributed by atoms with E-state index in [4.69, 9.17) is 35.4 Å². The Labute approximate surface area is 168 Å². The van der Waals surface area contributed by atoms with Gasteiger partial charge in [0.25, 0.3) is 0 Å². The zero-order valence-electron chi connectivity index (χ0n) is 13.7. The molecule has 1 N–H and O–H groups in total. The minimum Gasteiger partial charge on any atom is -0.346 e. The molecule has 0 bridgehead atoms. The lowest BCUT2D eigenvalue weighted by Crippen LogP contribution is -2.51. The second kappa shape index (κ2) is 8.10. The van der Waals surface area contributed by atoms with Gasteiger partial charge >= 0.3 is 0 Å². The smallest absolute Gasteiger partial charge is 0.243 e. The van der Waals surface area contributed by atoms with E-state index in [0.717, 1.165) is 5.69 Å². The van der Waals surface area contributed by atoms with Crippen molar-refractivity contribution >= 4 is 56.2 Å². The summed E-state index contributed by atoms with van der Waals surface area (Å²) in [5.41, 5.74) is 0.804. The predicted molar refractivity (Wildman–Crippen MR) is 109 cm³/mol. The van der Waals surface area contributed by atoms with Crippen LogP contribution in [0.3, 0.4) is 0 Å². The van der Waals surface area contributed by atoms with Gasteiger partial charge in [0.1, 0.15) is 0 Å². The van der Waals surface area contributed by atoms with Crippen LogP contribution in [0.25, 0.3) is 0 Å². The average molecular weight is 430 g/mol. The first-order valence-electron chi connectivity index (χ1n) is 7.93. The van der Waals surface area contributed by atoms with E-state index in [1.165, 1.54) is 16.4 Å². The van der Waals surface area contributed by atoms with Gasteiger partial charge in [0.05, 0.1) is 4.90 Å². The fourth-order valence-corrected chi connectivity index (χ4v) is 4.69. The van der Waals surface area contributed by atoms with Crippen LogP contribution in [0.4, 0.5) is 5.69 Å². The lowest BCUT2D eigenvalue weighted by Gasteiger charge is -2.35. The van der Waals surface area contributed by atoms with Crippen LogP contribution in [0.5, 0.6) is 0 Å². The van der Waals surface area contributed by atoms with Gasteiger partial charge in [-0.3, -0.25) is 0 Å². The summed E-state index contributed by atoms with van der Waals surface area (Å²) in [5, 5.41) is 4.81. The lowest BCUT2D eigenvalue weighted by atomic mass is 10.3. The summed E-state index contributed by atoms with van der Waals surface area (Å²) in [4.78, 5) is 2.19. The number of thiocarbonyl (C=S) groups is 1. The Balaban J connectivity index is 1.61. The van der Waals surface area contributed by atoms with Crippen molar-refractivity contribution in [1.82, 2.24) is 9.21 Å². The molecule has 2 aromatic carbocycles. The van der Waals surface area contributed by atoms with Crippen molar-refractivity contribution in [2.75, 3.05) is 31.5 Å². The largest absolute Gasteiger partial charge is 0.346 e. The molecule has 2 aromatic rings. The minimum atomic E-state index is -3.53. The molecule has 0 radical (unpaired) electrons. The van der Waals surface area contributed by atoms with Crippen molar-refractivity contribution in [2.24, 2.45) is 0 Å². The molecule has 0 atom stereocenters. The van der Waals surface area contributed by atoms with E-state index >= 15 is 0 Å². The quantitative estimate of drug-likeness (QED) is 0.753. The Morgan fingerprint density at radius 1 is 0.962 bits per heavy atom. The van der Waals surface area contributed by atoms with E-state index in [1.54, 1.807) is 24.3 Å². The summed E-state index contributed by atoms with van der Waals surface area (Å²) < 4.78 is 26.9. The summed E-state index contributed by atoms with van der Waals surface area (Å²) in [6, 6.07) is 13.5. The number of nitrogens with zero attached hydrogens (tertiary/aromatic N) is 2. The molecular weight excluding hydrogens is 413 g/mol. The number of anilines is 1. The highest BCUT2D eigenvalue weighted by Gasteiger charge is 2.29. The van der Waals surface area contributed by atoms with Crippen molar-refractivity contribution in [3.8, 4) is 0 Å². The molecule has 9 heteroatoms. The highest BCUT2D eigenvalue weighted by Crippen LogP contribution is 2.20. The zero-order chi connectivity index (χ0) is 18.7. The number of halogens is 2. The van der Waals surface area contributed by atoms with E-state index in [9.17, 15) is 8.42 Å². The van der Waals surface area contributed by atoms with Crippen molar-refractivity contribution in [3.05, 3.63) is 58.6 Å². The number of nitrogens with one attached hydrogen (secondary N) is 1. The molecule has 0 spiro atoms. The second-order valence-electron chi connectivity index (χ2n) is 5.79. The maximum atomic E-state index is 12.7. The molecular formula is C17H17Cl2N3O2S2. The van der Waals surface area contributed by atoms with Crippen LogP contribution in [0.15, 0.2) is 53.4 Å². The topological polar surface area (TPSA) is 52.7 Å². The summed E-state index contributed by atoms with van der Waals surface area (Å²) in [7, 11) is -3.53. The van der Waals surface area contributed by atoms with E-state index in [-0.39, 0.29) is 4.90 Å². The molecule has 0 saturated carbocycles. The van der Waals surface area contributed by atoms with Gasteiger partial charge in [0.2, 0.25) is 10.0 Å². The average Bonchev–Trinajstić information content (AvgIpc) is 2.62. The van der Waals surface area contributed by atoms with Gasteiger partial charge in [0, 0.05) is 41.9 Å². The van der Waals surface area contributed by atoms with E-state index in [0.29, 0.717) is 41.3 Å². The molecule has 26 heavy (non-hydrogen) atoms. The summed E-state index contributed by atoms with van der Waals surface area (Å²) >= 11 is 17.2. The maximum absolute atomic E-state index is 12.7. The van der Waals surface area contributed by atoms with Crippen molar-refractivity contribution in [3.63, 3.8) is 0 Å². The van der Waals surface area contributed by atoms with Gasteiger partial charge < -0.3 is 10.2 Å². The number of benzene rings is 2. The molecule has 0 unspecified atom stereocenters. The SMILES string of the molecule is O=S(=O)(c1ccc(Cl)cc1)N1CCN(C(=S)Nc2cccc(Cl)c2)CC1. The summed E-state index contributed by atoms with van der Waals surface area (Å²) in [6.45, 7) is 1.75. The standard InChI is InChI=1S/C17H17Cl2N3O2S2/c18-13-4-6-16(7-5-13)26(23,24)22-10-8-21(9-11-22)17(25)20-15-3-1-2-14(19)12-15/h1-7,12H,8-11H2,(H,20,25). The minimum absolute atomic E-state index is 0.245. The number of rotatable bonds is 3. The van der Waals surface area contributed by atoms with E-state index < -0.39 is 10.0 Å². The van der Waals surface area contributed by atoms with Crippen LogP contribution in [0.1, 0.15) is 0 Å². The Hall–Kier alpha value is -1.38. The maximum Gasteiger partial charge on any atom is 0.243 e. The molecule has 0 aliphatic carbocycles. The number of hydrogen-bond donors (Lipinski definition) is 1. The van der Waals surface area contributed by atoms with E-state index in [1.807, 2.05) is 17.0 Å². The van der Waals surface area contributed by atoms with Crippen LogP contribution in [-0.2, 0) is 10.0 Å². The van der Waals surface area contributed by atoms with Crippen LogP contribution in [0.2, 0.25) is 10.0 Å². The number of hydrogen-bond acceptors (Lipinski definition) is 3. The Morgan fingerprint density at radius 3 is 2.23 bits per heavy atom. The number of sulfonamides is 1. The first-order chi connectivity index (χ1) is 12.4. The third-order valence-electron chi connectivity index (χ3n) is 4.05. The fraction of sp³-hybridized carbons (Fsp3) is 0.235. The molecule has 1 aliphatic heterocycles. The third-order valence-corrected chi connectivity index (χ3v) is 6.81. The van der Waals surface area contributed by atoms with Crippen LogP contribution >= 0.6 is 35.4 Å². The van der Waals surface area contributed by atoms with Gasteiger partial charge in [-0.25, -0.2) is 8.42 Å². The van der Waals surface area contributed by atoms with Crippen molar-refractivity contribution < 1.29 is 8.42 Å². The van der Waals surface area contributed by atoms with Crippen molar-refractivity contribution in [2.45, 2.75) is 4.90 Å². The van der Waals surface area contributed by atoms with Crippen LogP contribution in [0, 0.1) is 0 Å². The van der Waals surface area contributed by atoms with Gasteiger partial charge in [-0.15, -0.1) is 0 Å². The van der Waals surface area contributed by atoms with Gasteiger partial charge in [-0.05, 0) is 54.7 Å². The molecule has 0 amide bonds. The molecule has 1 aliphatic rings. The Kier molecular flexibility index (Phi) is 6.04.